The highest BCUT2D eigenvalue weighted by Gasteiger charge is 2.44. The SMILES string of the molecule is CC(C)(N=[N+]=[N-])C(=O)NC(C)(C)C(=O)NC(C)(C)C(=O)NC(C)(C)C(=O)NC(C)(C)C(=O)NC(C)(C)C(=O)NC(C)(C)C(=O)OCC[Si](C)(C)C.CCOC(C)=O. The summed E-state index contributed by atoms with van der Waals surface area (Å²) in [5.74, 6) is -5.17. The molecule has 0 aromatic carbocycles. The van der Waals surface area contributed by atoms with E-state index in [-0.39, 0.29) is 12.6 Å². The minimum Gasteiger partial charge on any atom is -0.466 e. The number of nitrogens with one attached hydrogen (secondary N) is 6. The van der Waals surface area contributed by atoms with Crippen LogP contribution in [-0.2, 0) is 47.8 Å². The number of nitrogens with zero attached hydrogens (tertiary/aromatic N) is 3. The Balaban J connectivity index is 0. The maximum absolute atomic E-state index is 13.4. The molecule has 0 aliphatic rings. The van der Waals surface area contributed by atoms with Crippen molar-refractivity contribution in [3.05, 3.63) is 10.4 Å². The third-order valence-corrected chi connectivity index (χ3v) is 9.89. The van der Waals surface area contributed by atoms with Crippen LogP contribution in [0.3, 0.4) is 0 Å². The fraction of sp³-hybridized carbons (Fsp3) is 0.784. The Kier molecular flexibility index (Phi) is 19.2. The van der Waals surface area contributed by atoms with Crippen molar-refractivity contribution in [3.63, 3.8) is 0 Å². The fourth-order valence-electron chi connectivity index (χ4n) is 3.96. The highest BCUT2D eigenvalue weighted by Crippen LogP contribution is 2.18. The second-order valence-corrected chi connectivity index (χ2v) is 24.2. The van der Waals surface area contributed by atoms with Crippen LogP contribution >= 0.6 is 0 Å². The standard InChI is InChI=1S/C33H61N9O8Si.C4H8O2/c1-27(2,35-21(44)28(3,4)37-23(46)30(7,8)39-25(48)32(11,12)41-42-34)20(43)36-29(5,6)22(45)38-31(9,10)24(47)40-33(13,14)26(49)50-18-19-51(15,16)17;1-3-6-4(2)5/h18-19H2,1-17H3,(H,35,44)(H,36,43)(H,37,46)(H,38,45)(H,39,48)(H,40,47);3H2,1-2H3. The largest absolute Gasteiger partial charge is 0.466 e. The predicted molar refractivity (Wildman–Crippen MR) is 218 cm³/mol. The van der Waals surface area contributed by atoms with Crippen molar-refractivity contribution in [1.82, 2.24) is 31.9 Å². The van der Waals surface area contributed by atoms with Gasteiger partial charge in [0.15, 0.2) is 0 Å². The number of carbonyl (C=O) groups excluding carboxylic acids is 8. The number of amides is 6. The molecule has 57 heavy (non-hydrogen) atoms. The molecule has 0 heterocycles. The van der Waals surface area contributed by atoms with Crippen LogP contribution in [0.4, 0.5) is 0 Å². The fourth-order valence-corrected chi connectivity index (χ4v) is 4.68. The zero-order valence-electron chi connectivity index (χ0n) is 37.5. The quantitative estimate of drug-likeness (QED) is 0.0386. The maximum atomic E-state index is 13.4. The Morgan fingerprint density at radius 2 is 0.807 bits per heavy atom. The van der Waals surface area contributed by atoms with Gasteiger partial charge >= 0.3 is 11.9 Å². The molecule has 0 rings (SSSR count). The average Bonchev–Trinajstić information content (AvgIpc) is 2.99. The van der Waals surface area contributed by atoms with Crippen molar-refractivity contribution >= 4 is 55.5 Å². The zero-order chi connectivity index (χ0) is 45.8. The van der Waals surface area contributed by atoms with Crippen molar-refractivity contribution in [3.8, 4) is 0 Å². The van der Waals surface area contributed by atoms with Crippen molar-refractivity contribution in [2.75, 3.05) is 13.2 Å². The molecule has 0 radical (unpaired) electrons. The van der Waals surface area contributed by atoms with E-state index in [2.05, 4.69) is 66.3 Å². The first-order chi connectivity index (χ1) is 25.2. The number of ether oxygens (including phenoxy) is 2. The molecule has 0 unspecified atom stereocenters. The van der Waals surface area contributed by atoms with Gasteiger partial charge in [-0.3, -0.25) is 33.6 Å². The number of azide groups is 1. The molecule has 6 amide bonds. The summed E-state index contributed by atoms with van der Waals surface area (Å²) in [6, 6.07) is 0.764. The predicted octanol–water partition coefficient (Wildman–Crippen LogP) is 2.89. The monoisotopic (exact) mass is 827 g/mol. The summed E-state index contributed by atoms with van der Waals surface area (Å²) in [4.78, 5) is 104. The molecule has 0 spiro atoms. The maximum Gasteiger partial charge on any atom is 0.331 e. The minimum absolute atomic E-state index is 0.211. The van der Waals surface area contributed by atoms with E-state index in [4.69, 9.17) is 10.3 Å². The summed E-state index contributed by atoms with van der Waals surface area (Å²) in [7, 11) is -1.45. The summed E-state index contributed by atoms with van der Waals surface area (Å²) in [5.41, 5.74) is -1.97. The Labute approximate surface area is 338 Å². The summed E-state index contributed by atoms with van der Waals surface area (Å²) < 4.78 is 9.79. The Morgan fingerprint density at radius 1 is 0.526 bits per heavy atom. The topological polar surface area (TPSA) is 276 Å². The molecule has 6 N–H and O–H groups in total. The van der Waals surface area contributed by atoms with Gasteiger partial charge in [0, 0.05) is 19.9 Å². The third kappa shape index (κ3) is 18.9. The first kappa shape index (κ1) is 54.4. The molecule has 0 bridgehead atoms. The first-order valence-corrected chi connectivity index (χ1v) is 22.3. The molecule has 326 valence electrons. The van der Waals surface area contributed by atoms with E-state index in [1.165, 1.54) is 104 Å². The number of esters is 2. The second kappa shape index (κ2) is 20.1. The second-order valence-electron chi connectivity index (χ2n) is 18.6. The van der Waals surface area contributed by atoms with E-state index >= 15 is 0 Å². The number of rotatable bonds is 18. The van der Waals surface area contributed by atoms with Gasteiger partial charge < -0.3 is 41.4 Å². The molecule has 20 heteroatoms. The van der Waals surface area contributed by atoms with Crippen molar-refractivity contribution in [2.45, 2.75) is 175 Å². The van der Waals surface area contributed by atoms with Gasteiger partial charge in [0.1, 0.15) is 38.8 Å². The van der Waals surface area contributed by atoms with Crippen LogP contribution in [-0.4, -0.2) is 107 Å². The first-order valence-electron chi connectivity index (χ1n) is 18.6. The lowest BCUT2D eigenvalue weighted by Crippen LogP contribution is -2.69. The van der Waals surface area contributed by atoms with Crippen LogP contribution in [0, 0.1) is 0 Å². The van der Waals surface area contributed by atoms with Gasteiger partial charge in [-0.1, -0.05) is 24.8 Å². The summed E-state index contributed by atoms with van der Waals surface area (Å²) >= 11 is 0. The zero-order valence-corrected chi connectivity index (χ0v) is 38.5. The molecule has 0 aliphatic heterocycles. The third-order valence-electron chi connectivity index (χ3n) is 8.19. The Hall–Kier alpha value is -4.71. The van der Waals surface area contributed by atoms with E-state index in [9.17, 15) is 38.4 Å². The lowest BCUT2D eigenvalue weighted by atomic mass is 9.94. The molecular formula is C37H69N9O10Si. The van der Waals surface area contributed by atoms with Gasteiger partial charge in [0.2, 0.25) is 35.4 Å². The summed E-state index contributed by atoms with van der Waals surface area (Å²) in [5, 5.41) is 18.9. The average molecular weight is 828 g/mol. The van der Waals surface area contributed by atoms with Gasteiger partial charge in [-0.25, -0.2) is 4.79 Å². The number of carbonyl (C=O) groups is 8. The molecule has 0 atom stereocenters. The molecular weight excluding hydrogens is 759 g/mol. The van der Waals surface area contributed by atoms with Crippen LogP contribution in [0.25, 0.3) is 10.4 Å². The summed E-state index contributed by atoms with van der Waals surface area (Å²) in [6.07, 6.45) is 0. The Bertz CT molecular complexity index is 1570. The lowest BCUT2D eigenvalue weighted by Gasteiger charge is -2.37. The molecule has 19 nitrogen and oxygen atoms in total. The molecule has 0 saturated carbocycles. The number of hydrogen-bond acceptors (Lipinski definition) is 11. The van der Waals surface area contributed by atoms with Crippen LogP contribution < -0.4 is 31.9 Å². The molecule has 0 fully saturated rings. The molecule has 0 aromatic rings. The summed E-state index contributed by atoms with van der Waals surface area (Å²) in [6.45, 7) is 30.2. The van der Waals surface area contributed by atoms with Gasteiger partial charge in [-0.2, -0.15) is 0 Å². The van der Waals surface area contributed by atoms with E-state index < -0.39 is 88.3 Å². The van der Waals surface area contributed by atoms with E-state index in [1.54, 1.807) is 6.92 Å². The van der Waals surface area contributed by atoms with E-state index in [0.717, 1.165) is 6.04 Å². The minimum atomic E-state index is -1.60. The highest BCUT2D eigenvalue weighted by molar-refractivity contribution is 6.76. The molecule has 0 aliphatic carbocycles. The van der Waals surface area contributed by atoms with Gasteiger partial charge in [-0.05, 0) is 115 Å². The highest BCUT2D eigenvalue weighted by atomic mass is 28.3. The lowest BCUT2D eigenvalue weighted by molar-refractivity contribution is -0.152. The normalized spacial score (nSPS) is 12.5. The van der Waals surface area contributed by atoms with Gasteiger partial charge in [0.25, 0.3) is 0 Å². The van der Waals surface area contributed by atoms with Crippen LogP contribution in [0.1, 0.15) is 111 Å². The smallest absolute Gasteiger partial charge is 0.331 e. The van der Waals surface area contributed by atoms with Gasteiger partial charge in [-0.15, -0.1) is 0 Å². The van der Waals surface area contributed by atoms with E-state index in [1.807, 2.05) is 0 Å². The van der Waals surface area contributed by atoms with Crippen LogP contribution in [0.2, 0.25) is 25.7 Å². The van der Waals surface area contributed by atoms with Crippen molar-refractivity contribution in [1.29, 1.82) is 0 Å². The van der Waals surface area contributed by atoms with Crippen LogP contribution in [0.5, 0.6) is 0 Å². The van der Waals surface area contributed by atoms with Crippen molar-refractivity contribution < 1.29 is 47.8 Å². The number of hydrogen-bond donors (Lipinski definition) is 6. The van der Waals surface area contributed by atoms with Gasteiger partial charge in [0.05, 0.1) is 13.2 Å². The van der Waals surface area contributed by atoms with Crippen LogP contribution in [0.15, 0.2) is 5.11 Å². The molecule has 0 aromatic heterocycles. The molecule has 0 saturated heterocycles. The van der Waals surface area contributed by atoms with E-state index in [0.29, 0.717) is 6.61 Å². The Morgan fingerprint density at radius 3 is 1.04 bits per heavy atom. The van der Waals surface area contributed by atoms with Crippen molar-refractivity contribution in [2.24, 2.45) is 5.11 Å².